The van der Waals surface area contributed by atoms with Crippen molar-refractivity contribution in [2.45, 2.75) is 58.2 Å². The Hall–Kier alpha value is -0.410. The smallest absolute Gasteiger partial charge is 0.155 e. The van der Waals surface area contributed by atoms with Crippen LogP contribution in [0.1, 0.15) is 40.0 Å². The Balaban J connectivity index is 2.00. The van der Waals surface area contributed by atoms with Gasteiger partial charge in [-0.05, 0) is 25.8 Å². The van der Waals surface area contributed by atoms with Crippen LogP contribution < -0.4 is 10.6 Å². The lowest BCUT2D eigenvalue weighted by atomic mass is 9.85. The first-order valence-corrected chi connectivity index (χ1v) is 6.02. The van der Waals surface area contributed by atoms with Crippen LogP contribution in [0.15, 0.2) is 0 Å². The Morgan fingerprint density at radius 3 is 2.60 bits per heavy atom. The van der Waals surface area contributed by atoms with Gasteiger partial charge in [-0.1, -0.05) is 20.8 Å². The maximum Gasteiger partial charge on any atom is 0.155 e. The fraction of sp³-hybridized carbons (Fsp3) is 0.917. The van der Waals surface area contributed by atoms with Crippen molar-refractivity contribution in [2.75, 3.05) is 6.54 Å². The highest BCUT2D eigenvalue weighted by Crippen LogP contribution is 2.26. The molecule has 2 fully saturated rings. The molecular formula is C12H22N2O. The van der Waals surface area contributed by atoms with Crippen molar-refractivity contribution in [2.24, 2.45) is 5.41 Å². The van der Waals surface area contributed by atoms with Crippen LogP contribution in [-0.2, 0) is 4.79 Å². The first kappa shape index (κ1) is 11.1. The third kappa shape index (κ3) is 2.23. The summed E-state index contributed by atoms with van der Waals surface area (Å²) < 4.78 is 0. The van der Waals surface area contributed by atoms with Crippen LogP contribution in [-0.4, -0.2) is 30.5 Å². The second-order valence-electron chi connectivity index (χ2n) is 5.88. The van der Waals surface area contributed by atoms with Gasteiger partial charge < -0.3 is 10.6 Å². The van der Waals surface area contributed by atoms with Gasteiger partial charge in [0.1, 0.15) is 0 Å². The zero-order chi connectivity index (χ0) is 11.1. The monoisotopic (exact) mass is 210 g/mol. The van der Waals surface area contributed by atoms with Crippen molar-refractivity contribution in [1.82, 2.24) is 10.6 Å². The highest BCUT2D eigenvalue weighted by atomic mass is 16.1. The van der Waals surface area contributed by atoms with Gasteiger partial charge in [-0.25, -0.2) is 0 Å². The molecule has 2 aliphatic heterocycles. The maximum absolute atomic E-state index is 12.1. The molecule has 0 aromatic rings. The average Bonchev–Trinajstić information content (AvgIpc) is 2.58. The molecule has 2 heterocycles. The number of Topliss-reactive ketones (excluding diaryl/α,β-unsaturated/α-hetero) is 1. The summed E-state index contributed by atoms with van der Waals surface area (Å²) in [4.78, 5) is 12.1. The highest BCUT2D eigenvalue weighted by molar-refractivity contribution is 5.89. The number of ketones is 1. The Bertz CT molecular complexity index is 243. The third-order valence-corrected chi connectivity index (χ3v) is 3.54. The molecule has 0 bridgehead atoms. The van der Waals surface area contributed by atoms with Crippen LogP contribution in [0.3, 0.4) is 0 Å². The van der Waals surface area contributed by atoms with Gasteiger partial charge in [-0.3, -0.25) is 4.79 Å². The minimum Gasteiger partial charge on any atom is -0.312 e. The molecule has 2 aliphatic rings. The minimum absolute atomic E-state index is 0.0746. The van der Waals surface area contributed by atoms with Gasteiger partial charge in [0.15, 0.2) is 5.78 Å². The van der Waals surface area contributed by atoms with Crippen molar-refractivity contribution in [3.63, 3.8) is 0 Å². The summed E-state index contributed by atoms with van der Waals surface area (Å²) in [5.74, 6) is 0.360. The van der Waals surface area contributed by atoms with Crippen LogP contribution in [0.2, 0.25) is 0 Å². The predicted molar refractivity (Wildman–Crippen MR) is 60.8 cm³/mol. The first-order chi connectivity index (χ1) is 6.98. The molecule has 15 heavy (non-hydrogen) atoms. The number of fused-ring (bicyclic) bond motifs is 1. The number of hydrogen-bond acceptors (Lipinski definition) is 3. The van der Waals surface area contributed by atoms with Gasteiger partial charge in [-0.15, -0.1) is 0 Å². The van der Waals surface area contributed by atoms with E-state index in [4.69, 9.17) is 0 Å². The lowest BCUT2D eigenvalue weighted by Crippen LogP contribution is -2.46. The molecule has 3 nitrogen and oxygen atoms in total. The normalized spacial score (nSPS) is 36.3. The van der Waals surface area contributed by atoms with Crippen LogP contribution in [0, 0.1) is 5.41 Å². The van der Waals surface area contributed by atoms with E-state index in [9.17, 15) is 4.79 Å². The van der Waals surface area contributed by atoms with E-state index >= 15 is 0 Å². The van der Waals surface area contributed by atoms with E-state index in [0.717, 1.165) is 13.0 Å². The van der Waals surface area contributed by atoms with E-state index in [2.05, 4.69) is 10.6 Å². The van der Waals surface area contributed by atoms with E-state index in [1.807, 2.05) is 20.8 Å². The van der Waals surface area contributed by atoms with Crippen LogP contribution in [0.4, 0.5) is 0 Å². The van der Waals surface area contributed by atoms with Crippen molar-refractivity contribution >= 4 is 5.78 Å². The van der Waals surface area contributed by atoms with Gasteiger partial charge >= 0.3 is 0 Å². The maximum atomic E-state index is 12.1. The van der Waals surface area contributed by atoms with Crippen molar-refractivity contribution in [3.8, 4) is 0 Å². The SMILES string of the molecule is CC(C)(C)C(=O)C1CC2NCCCC2N1. The Morgan fingerprint density at radius 1 is 1.27 bits per heavy atom. The van der Waals surface area contributed by atoms with Crippen LogP contribution >= 0.6 is 0 Å². The molecule has 0 amide bonds. The largest absolute Gasteiger partial charge is 0.312 e. The Kier molecular flexibility index (Phi) is 2.86. The van der Waals surface area contributed by atoms with Crippen LogP contribution in [0.25, 0.3) is 0 Å². The van der Waals surface area contributed by atoms with Crippen molar-refractivity contribution < 1.29 is 4.79 Å². The summed E-state index contributed by atoms with van der Waals surface area (Å²) in [5.41, 5.74) is -0.217. The van der Waals surface area contributed by atoms with E-state index in [1.165, 1.54) is 12.8 Å². The fourth-order valence-electron chi connectivity index (χ4n) is 2.69. The first-order valence-electron chi connectivity index (χ1n) is 6.02. The molecule has 3 atom stereocenters. The summed E-state index contributed by atoms with van der Waals surface area (Å²) in [6.45, 7) is 7.13. The van der Waals surface area contributed by atoms with Gasteiger partial charge in [0.2, 0.25) is 0 Å². The van der Waals surface area contributed by atoms with Gasteiger partial charge in [0.05, 0.1) is 6.04 Å². The predicted octanol–water partition coefficient (Wildman–Crippen LogP) is 1.08. The van der Waals surface area contributed by atoms with Crippen molar-refractivity contribution in [1.29, 1.82) is 0 Å². The quantitative estimate of drug-likeness (QED) is 0.680. The van der Waals surface area contributed by atoms with E-state index < -0.39 is 0 Å². The number of carbonyl (C=O) groups is 1. The summed E-state index contributed by atoms with van der Waals surface area (Å²) in [6.07, 6.45) is 3.41. The number of carbonyl (C=O) groups excluding carboxylic acids is 1. The van der Waals surface area contributed by atoms with Crippen molar-refractivity contribution in [3.05, 3.63) is 0 Å². The molecule has 0 aromatic heterocycles. The molecule has 86 valence electrons. The zero-order valence-corrected chi connectivity index (χ0v) is 9.97. The van der Waals surface area contributed by atoms with E-state index in [-0.39, 0.29) is 11.5 Å². The van der Waals surface area contributed by atoms with Gasteiger partial charge in [0, 0.05) is 17.5 Å². The fourth-order valence-corrected chi connectivity index (χ4v) is 2.69. The summed E-state index contributed by atoms with van der Waals surface area (Å²) >= 11 is 0. The topological polar surface area (TPSA) is 41.1 Å². The Labute approximate surface area is 92.0 Å². The number of hydrogen-bond donors (Lipinski definition) is 2. The molecule has 2 N–H and O–H groups in total. The highest BCUT2D eigenvalue weighted by Gasteiger charge is 2.41. The molecule has 0 radical (unpaired) electrons. The third-order valence-electron chi connectivity index (χ3n) is 3.54. The molecule has 2 saturated heterocycles. The van der Waals surface area contributed by atoms with Crippen LogP contribution in [0.5, 0.6) is 0 Å². The number of piperidine rings is 1. The molecule has 2 rings (SSSR count). The summed E-state index contributed by atoms with van der Waals surface area (Å²) in [7, 11) is 0. The second kappa shape index (κ2) is 3.87. The average molecular weight is 210 g/mol. The lowest BCUT2D eigenvalue weighted by Gasteiger charge is -2.25. The Morgan fingerprint density at radius 2 is 2.00 bits per heavy atom. The molecule has 3 unspecified atom stereocenters. The minimum atomic E-state index is -0.217. The second-order valence-corrected chi connectivity index (χ2v) is 5.88. The summed E-state index contributed by atoms with van der Waals surface area (Å²) in [5, 5.41) is 6.99. The molecule has 0 aromatic carbocycles. The van der Waals surface area contributed by atoms with Gasteiger partial charge in [0.25, 0.3) is 0 Å². The standard InChI is InChI=1S/C12H22N2O/c1-12(2,3)11(15)10-7-9-8(14-10)5-4-6-13-9/h8-10,13-14H,4-7H2,1-3H3. The zero-order valence-electron chi connectivity index (χ0n) is 9.97. The summed E-state index contributed by atoms with van der Waals surface area (Å²) in [6, 6.07) is 1.12. The lowest BCUT2D eigenvalue weighted by molar-refractivity contribution is -0.128. The molecular weight excluding hydrogens is 188 g/mol. The van der Waals surface area contributed by atoms with Gasteiger partial charge in [-0.2, -0.15) is 0 Å². The van der Waals surface area contributed by atoms with E-state index in [0.29, 0.717) is 17.9 Å². The number of nitrogens with one attached hydrogen (secondary N) is 2. The molecule has 3 heteroatoms. The number of rotatable bonds is 1. The van der Waals surface area contributed by atoms with E-state index in [1.54, 1.807) is 0 Å². The molecule has 0 aliphatic carbocycles. The molecule has 0 saturated carbocycles. The molecule has 0 spiro atoms.